The van der Waals surface area contributed by atoms with E-state index in [0.717, 1.165) is 11.1 Å². The number of nitrogens with one attached hydrogen (secondary N) is 1. The number of hydrogen-bond donors (Lipinski definition) is 1. The summed E-state index contributed by atoms with van der Waals surface area (Å²) in [4.78, 5) is 11.5. The van der Waals surface area contributed by atoms with E-state index in [-0.39, 0.29) is 5.91 Å². The van der Waals surface area contributed by atoms with Crippen LogP contribution in [-0.2, 0) is 5.33 Å². The number of alkyl halides is 1. The van der Waals surface area contributed by atoms with Crippen LogP contribution in [-0.4, -0.2) is 12.5 Å². The van der Waals surface area contributed by atoms with Crippen molar-refractivity contribution in [2.24, 2.45) is 0 Å². The van der Waals surface area contributed by atoms with Crippen LogP contribution in [0.1, 0.15) is 22.8 Å². The summed E-state index contributed by atoms with van der Waals surface area (Å²) >= 11 is 3.35. The molecule has 0 unspecified atom stereocenters. The summed E-state index contributed by atoms with van der Waals surface area (Å²) in [5.41, 5.74) is 1.77. The molecule has 70 valence electrons. The highest BCUT2D eigenvalue weighted by molar-refractivity contribution is 9.08. The van der Waals surface area contributed by atoms with Gasteiger partial charge in [-0.3, -0.25) is 4.79 Å². The average molecular weight is 242 g/mol. The van der Waals surface area contributed by atoms with Gasteiger partial charge < -0.3 is 5.32 Å². The lowest BCUT2D eigenvalue weighted by Crippen LogP contribution is -2.23. The first-order valence-electron chi connectivity index (χ1n) is 4.21. The molecule has 0 saturated carbocycles. The van der Waals surface area contributed by atoms with E-state index in [9.17, 15) is 4.79 Å². The first-order chi connectivity index (χ1) is 6.29. The van der Waals surface area contributed by atoms with Crippen molar-refractivity contribution in [1.29, 1.82) is 0 Å². The molecule has 0 radical (unpaired) electrons. The van der Waals surface area contributed by atoms with Gasteiger partial charge in [-0.05, 0) is 18.6 Å². The van der Waals surface area contributed by atoms with Gasteiger partial charge in [0.1, 0.15) is 0 Å². The topological polar surface area (TPSA) is 29.1 Å². The summed E-state index contributed by atoms with van der Waals surface area (Å²) < 4.78 is 0. The summed E-state index contributed by atoms with van der Waals surface area (Å²) in [5, 5.41) is 3.49. The van der Waals surface area contributed by atoms with Gasteiger partial charge in [-0.2, -0.15) is 0 Å². The molecule has 0 aromatic heterocycles. The minimum absolute atomic E-state index is 0.00227. The Morgan fingerprint density at radius 1 is 1.46 bits per heavy atom. The monoisotopic (exact) mass is 241 g/mol. The quantitative estimate of drug-likeness (QED) is 0.810. The normalized spacial score (nSPS) is 9.69. The molecule has 0 fully saturated rings. The molecule has 1 aromatic carbocycles. The molecule has 0 spiro atoms. The smallest absolute Gasteiger partial charge is 0.251 e. The number of halogens is 1. The van der Waals surface area contributed by atoms with Crippen molar-refractivity contribution in [3.8, 4) is 0 Å². The number of benzene rings is 1. The van der Waals surface area contributed by atoms with Gasteiger partial charge in [0.2, 0.25) is 0 Å². The average Bonchev–Trinajstić information content (AvgIpc) is 2.18. The maximum atomic E-state index is 11.5. The van der Waals surface area contributed by atoms with E-state index < -0.39 is 0 Å². The SMILES string of the molecule is CCNC(=O)c1ccccc1CBr. The molecule has 1 aromatic rings. The number of carbonyl (C=O) groups is 1. The Balaban J connectivity index is 2.92. The fourth-order valence-corrected chi connectivity index (χ4v) is 1.60. The highest BCUT2D eigenvalue weighted by atomic mass is 79.9. The van der Waals surface area contributed by atoms with Crippen LogP contribution in [0.3, 0.4) is 0 Å². The van der Waals surface area contributed by atoms with Crippen LogP contribution in [0.25, 0.3) is 0 Å². The zero-order valence-corrected chi connectivity index (χ0v) is 9.10. The van der Waals surface area contributed by atoms with E-state index in [1.165, 1.54) is 0 Å². The van der Waals surface area contributed by atoms with Crippen LogP contribution in [0.4, 0.5) is 0 Å². The molecule has 1 amide bonds. The third-order valence-electron chi connectivity index (χ3n) is 1.74. The second kappa shape index (κ2) is 5.02. The van der Waals surface area contributed by atoms with Crippen molar-refractivity contribution in [2.45, 2.75) is 12.3 Å². The summed E-state index contributed by atoms with van der Waals surface area (Å²) in [6, 6.07) is 7.58. The van der Waals surface area contributed by atoms with Gasteiger partial charge in [0.15, 0.2) is 0 Å². The maximum Gasteiger partial charge on any atom is 0.251 e. The Labute approximate surface area is 86.5 Å². The largest absolute Gasteiger partial charge is 0.352 e. The van der Waals surface area contributed by atoms with Crippen LogP contribution in [0.5, 0.6) is 0 Å². The Morgan fingerprint density at radius 2 is 2.15 bits per heavy atom. The number of rotatable bonds is 3. The molecule has 13 heavy (non-hydrogen) atoms. The highest BCUT2D eigenvalue weighted by Gasteiger charge is 2.07. The lowest BCUT2D eigenvalue weighted by molar-refractivity contribution is 0.0955. The Morgan fingerprint density at radius 3 is 2.77 bits per heavy atom. The van der Waals surface area contributed by atoms with Crippen molar-refractivity contribution in [3.05, 3.63) is 35.4 Å². The summed E-state index contributed by atoms with van der Waals surface area (Å²) in [6.45, 7) is 2.57. The maximum absolute atomic E-state index is 11.5. The highest BCUT2D eigenvalue weighted by Crippen LogP contribution is 2.11. The van der Waals surface area contributed by atoms with Crippen LogP contribution in [0.15, 0.2) is 24.3 Å². The number of amides is 1. The van der Waals surface area contributed by atoms with Gasteiger partial charge in [-0.25, -0.2) is 0 Å². The first-order valence-corrected chi connectivity index (χ1v) is 5.33. The lowest BCUT2D eigenvalue weighted by Gasteiger charge is -2.05. The molecule has 0 aliphatic carbocycles. The minimum atomic E-state index is -0.00227. The second-order valence-corrected chi connectivity index (χ2v) is 3.21. The van der Waals surface area contributed by atoms with Crippen molar-refractivity contribution in [2.75, 3.05) is 6.54 Å². The standard InChI is InChI=1S/C10H12BrNO/c1-2-12-10(13)9-6-4-3-5-8(9)7-11/h3-6H,2,7H2,1H3,(H,12,13). The van der Waals surface area contributed by atoms with E-state index in [1.807, 2.05) is 31.2 Å². The van der Waals surface area contributed by atoms with Crippen LogP contribution < -0.4 is 5.32 Å². The Kier molecular flexibility index (Phi) is 3.96. The molecule has 0 bridgehead atoms. The minimum Gasteiger partial charge on any atom is -0.352 e. The number of carbonyl (C=O) groups excluding carboxylic acids is 1. The molecule has 1 rings (SSSR count). The van der Waals surface area contributed by atoms with Gasteiger partial charge in [0.05, 0.1) is 0 Å². The molecular formula is C10H12BrNO. The Bertz CT molecular complexity index is 299. The molecule has 0 aliphatic rings. The molecular weight excluding hydrogens is 230 g/mol. The van der Waals surface area contributed by atoms with Crippen LogP contribution >= 0.6 is 15.9 Å². The van der Waals surface area contributed by atoms with Crippen molar-refractivity contribution in [1.82, 2.24) is 5.32 Å². The van der Waals surface area contributed by atoms with E-state index in [0.29, 0.717) is 11.9 Å². The lowest BCUT2D eigenvalue weighted by atomic mass is 10.1. The number of hydrogen-bond acceptors (Lipinski definition) is 1. The van der Waals surface area contributed by atoms with Crippen LogP contribution in [0, 0.1) is 0 Å². The van der Waals surface area contributed by atoms with E-state index in [2.05, 4.69) is 21.2 Å². The third kappa shape index (κ3) is 2.56. The van der Waals surface area contributed by atoms with Crippen LogP contribution in [0.2, 0.25) is 0 Å². The van der Waals surface area contributed by atoms with Crippen molar-refractivity contribution >= 4 is 21.8 Å². The van der Waals surface area contributed by atoms with Gasteiger partial charge in [-0.1, -0.05) is 34.1 Å². The van der Waals surface area contributed by atoms with Gasteiger partial charge in [0, 0.05) is 17.4 Å². The first kappa shape index (κ1) is 10.3. The molecule has 1 N–H and O–H groups in total. The van der Waals surface area contributed by atoms with Gasteiger partial charge >= 0.3 is 0 Å². The molecule has 2 nitrogen and oxygen atoms in total. The zero-order valence-electron chi connectivity index (χ0n) is 7.51. The van der Waals surface area contributed by atoms with E-state index >= 15 is 0 Å². The van der Waals surface area contributed by atoms with Gasteiger partial charge in [-0.15, -0.1) is 0 Å². The molecule has 0 atom stereocenters. The summed E-state index contributed by atoms with van der Waals surface area (Å²) in [6.07, 6.45) is 0. The fourth-order valence-electron chi connectivity index (χ4n) is 1.11. The second-order valence-electron chi connectivity index (χ2n) is 2.65. The van der Waals surface area contributed by atoms with Crippen molar-refractivity contribution in [3.63, 3.8) is 0 Å². The Hall–Kier alpha value is -0.830. The third-order valence-corrected chi connectivity index (χ3v) is 2.35. The predicted molar refractivity (Wildman–Crippen MR) is 57.1 cm³/mol. The molecule has 0 aliphatic heterocycles. The van der Waals surface area contributed by atoms with Crippen molar-refractivity contribution < 1.29 is 4.79 Å². The molecule has 3 heteroatoms. The fraction of sp³-hybridized carbons (Fsp3) is 0.300. The molecule has 0 heterocycles. The molecule has 0 saturated heterocycles. The van der Waals surface area contributed by atoms with E-state index in [1.54, 1.807) is 0 Å². The van der Waals surface area contributed by atoms with Gasteiger partial charge in [0.25, 0.3) is 5.91 Å². The van der Waals surface area contributed by atoms with E-state index in [4.69, 9.17) is 0 Å². The predicted octanol–water partition coefficient (Wildman–Crippen LogP) is 2.33. The summed E-state index contributed by atoms with van der Waals surface area (Å²) in [7, 11) is 0. The zero-order chi connectivity index (χ0) is 9.68. The summed E-state index contributed by atoms with van der Waals surface area (Å²) in [5.74, 6) is -0.00227.